The Balaban J connectivity index is 3.11. The Morgan fingerprint density at radius 1 is 1.33 bits per heavy atom. The SMILES string of the molecule is C=CC[C@H]([C@@H]1OCCC[C@@H]1S(C)(=O)=O)S(C)(=O)=O. The van der Waals surface area contributed by atoms with Gasteiger partial charge in [-0.1, -0.05) is 6.08 Å². The molecule has 5 nitrogen and oxygen atoms in total. The molecule has 0 aromatic rings. The highest BCUT2D eigenvalue weighted by atomic mass is 32.2. The number of ether oxygens (including phenoxy) is 1. The van der Waals surface area contributed by atoms with Crippen LogP contribution in [0.5, 0.6) is 0 Å². The van der Waals surface area contributed by atoms with E-state index in [0.29, 0.717) is 19.4 Å². The van der Waals surface area contributed by atoms with Gasteiger partial charge in [-0.05, 0) is 19.3 Å². The number of rotatable bonds is 5. The summed E-state index contributed by atoms with van der Waals surface area (Å²) in [5, 5.41) is -1.58. The molecule has 0 radical (unpaired) electrons. The molecule has 0 N–H and O–H groups in total. The molecule has 1 aliphatic heterocycles. The number of sulfone groups is 2. The summed E-state index contributed by atoms with van der Waals surface area (Å²) in [6.07, 6.45) is 4.23. The highest BCUT2D eigenvalue weighted by Gasteiger charge is 2.42. The average molecular weight is 296 g/mol. The molecule has 1 heterocycles. The van der Waals surface area contributed by atoms with Crippen LogP contribution in [0, 0.1) is 0 Å². The fourth-order valence-corrected chi connectivity index (χ4v) is 4.99. The van der Waals surface area contributed by atoms with E-state index in [1.54, 1.807) is 0 Å². The molecule has 1 aliphatic rings. The van der Waals surface area contributed by atoms with Crippen molar-refractivity contribution < 1.29 is 21.6 Å². The second-order valence-electron chi connectivity index (χ2n) is 4.74. The lowest BCUT2D eigenvalue weighted by atomic mass is 10.0. The van der Waals surface area contributed by atoms with Gasteiger partial charge in [0, 0.05) is 19.1 Å². The molecule has 7 heteroatoms. The number of hydrogen-bond donors (Lipinski definition) is 0. The minimum Gasteiger partial charge on any atom is -0.376 e. The van der Waals surface area contributed by atoms with Crippen LogP contribution in [0.4, 0.5) is 0 Å². The van der Waals surface area contributed by atoms with E-state index in [2.05, 4.69) is 6.58 Å². The van der Waals surface area contributed by atoms with Gasteiger partial charge in [-0.2, -0.15) is 0 Å². The van der Waals surface area contributed by atoms with E-state index < -0.39 is 36.3 Å². The van der Waals surface area contributed by atoms with Crippen molar-refractivity contribution in [2.24, 2.45) is 0 Å². The molecule has 0 amide bonds. The third-order valence-electron chi connectivity index (χ3n) is 3.18. The van der Waals surface area contributed by atoms with Crippen LogP contribution in [0.1, 0.15) is 19.3 Å². The van der Waals surface area contributed by atoms with Crippen LogP contribution in [-0.2, 0) is 24.4 Å². The van der Waals surface area contributed by atoms with Crippen molar-refractivity contribution in [1.82, 2.24) is 0 Å². The molecular weight excluding hydrogens is 276 g/mol. The molecule has 1 fully saturated rings. The van der Waals surface area contributed by atoms with Crippen molar-refractivity contribution in [3.63, 3.8) is 0 Å². The van der Waals surface area contributed by atoms with Gasteiger partial charge in [0.1, 0.15) is 0 Å². The van der Waals surface area contributed by atoms with E-state index in [4.69, 9.17) is 4.74 Å². The van der Waals surface area contributed by atoms with Crippen molar-refractivity contribution in [1.29, 1.82) is 0 Å². The predicted molar refractivity (Wildman–Crippen MR) is 71.1 cm³/mol. The lowest BCUT2D eigenvalue weighted by Crippen LogP contribution is -2.49. The maximum absolute atomic E-state index is 11.8. The lowest BCUT2D eigenvalue weighted by Gasteiger charge is -2.34. The molecule has 0 spiro atoms. The largest absolute Gasteiger partial charge is 0.376 e. The first-order valence-electron chi connectivity index (χ1n) is 5.78. The van der Waals surface area contributed by atoms with Gasteiger partial charge >= 0.3 is 0 Å². The Bertz CT molecular complexity index is 492. The predicted octanol–water partition coefficient (Wildman–Crippen LogP) is 0.568. The summed E-state index contributed by atoms with van der Waals surface area (Å²) in [5.41, 5.74) is 0. The van der Waals surface area contributed by atoms with Crippen LogP contribution < -0.4 is 0 Å². The van der Waals surface area contributed by atoms with Crippen molar-refractivity contribution in [3.05, 3.63) is 12.7 Å². The van der Waals surface area contributed by atoms with Crippen LogP contribution in [0.15, 0.2) is 12.7 Å². The van der Waals surface area contributed by atoms with E-state index in [1.165, 1.54) is 6.08 Å². The highest BCUT2D eigenvalue weighted by Crippen LogP contribution is 2.27. The molecule has 0 aromatic carbocycles. The van der Waals surface area contributed by atoms with Gasteiger partial charge in [0.15, 0.2) is 19.7 Å². The van der Waals surface area contributed by atoms with E-state index in [0.717, 1.165) is 12.5 Å². The van der Waals surface area contributed by atoms with Crippen molar-refractivity contribution in [2.45, 2.75) is 35.9 Å². The Labute approximate surface area is 109 Å². The third-order valence-corrected chi connectivity index (χ3v) is 6.34. The topological polar surface area (TPSA) is 77.5 Å². The molecule has 3 atom stereocenters. The van der Waals surface area contributed by atoms with Crippen molar-refractivity contribution in [2.75, 3.05) is 19.1 Å². The number of allylic oxidation sites excluding steroid dienone is 1. The average Bonchev–Trinajstić information content (AvgIpc) is 2.23. The molecule has 0 aromatic heterocycles. The molecule has 106 valence electrons. The normalized spacial score (nSPS) is 27.7. The Morgan fingerprint density at radius 2 is 1.94 bits per heavy atom. The summed E-state index contributed by atoms with van der Waals surface area (Å²) in [6, 6.07) is 0. The smallest absolute Gasteiger partial charge is 0.153 e. The van der Waals surface area contributed by atoms with Gasteiger partial charge in [0.2, 0.25) is 0 Å². The summed E-state index contributed by atoms with van der Waals surface area (Å²) in [4.78, 5) is 0. The summed E-state index contributed by atoms with van der Waals surface area (Å²) in [6.45, 7) is 3.93. The van der Waals surface area contributed by atoms with E-state index in [-0.39, 0.29) is 6.42 Å². The second kappa shape index (κ2) is 5.71. The van der Waals surface area contributed by atoms with Crippen LogP contribution in [0.25, 0.3) is 0 Å². The molecule has 0 aliphatic carbocycles. The Hall–Kier alpha value is -0.400. The monoisotopic (exact) mass is 296 g/mol. The minimum atomic E-state index is -3.38. The third kappa shape index (κ3) is 3.80. The zero-order valence-electron chi connectivity index (χ0n) is 10.7. The Kier molecular flexibility index (Phi) is 4.97. The van der Waals surface area contributed by atoms with Gasteiger partial charge in [-0.3, -0.25) is 0 Å². The first-order valence-corrected chi connectivity index (χ1v) is 9.69. The Morgan fingerprint density at radius 3 is 2.39 bits per heavy atom. The quantitative estimate of drug-likeness (QED) is 0.693. The summed E-state index contributed by atoms with van der Waals surface area (Å²) in [5.74, 6) is 0. The standard InChI is InChI=1S/C11H20O5S2/c1-4-6-9(17(2,12)13)11-10(18(3,14)15)7-5-8-16-11/h4,9-11H,1,5-8H2,2-3H3/t9-,10+,11+/m1/s1. The molecule has 1 saturated heterocycles. The van der Waals surface area contributed by atoms with Crippen LogP contribution in [-0.4, -0.2) is 52.6 Å². The molecule has 0 unspecified atom stereocenters. The summed E-state index contributed by atoms with van der Waals surface area (Å²) < 4.78 is 52.5. The van der Waals surface area contributed by atoms with Gasteiger partial charge in [0.25, 0.3) is 0 Å². The summed E-state index contributed by atoms with van der Waals surface area (Å²) >= 11 is 0. The van der Waals surface area contributed by atoms with Gasteiger partial charge in [-0.25, -0.2) is 16.8 Å². The second-order valence-corrected chi connectivity index (χ2v) is 9.27. The first-order chi connectivity index (χ1) is 8.18. The van der Waals surface area contributed by atoms with Gasteiger partial charge in [0.05, 0.1) is 16.6 Å². The molecule has 18 heavy (non-hydrogen) atoms. The summed E-state index contributed by atoms with van der Waals surface area (Å²) in [7, 11) is -6.70. The molecular formula is C11H20O5S2. The first kappa shape index (κ1) is 15.7. The van der Waals surface area contributed by atoms with Crippen LogP contribution >= 0.6 is 0 Å². The fourth-order valence-electron chi connectivity index (χ4n) is 2.30. The van der Waals surface area contributed by atoms with Crippen LogP contribution in [0.3, 0.4) is 0 Å². The maximum atomic E-state index is 11.8. The molecule has 1 rings (SSSR count). The van der Waals surface area contributed by atoms with Crippen LogP contribution in [0.2, 0.25) is 0 Å². The van der Waals surface area contributed by atoms with Gasteiger partial charge < -0.3 is 4.74 Å². The van der Waals surface area contributed by atoms with Crippen molar-refractivity contribution in [3.8, 4) is 0 Å². The van der Waals surface area contributed by atoms with E-state index in [9.17, 15) is 16.8 Å². The fraction of sp³-hybridized carbons (Fsp3) is 0.818. The lowest BCUT2D eigenvalue weighted by molar-refractivity contribution is 0.0173. The zero-order chi connectivity index (χ0) is 14.0. The van der Waals surface area contributed by atoms with Gasteiger partial charge in [-0.15, -0.1) is 6.58 Å². The minimum absolute atomic E-state index is 0.204. The maximum Gasteiger partial charge on any atom is 0.153 e. The van der Waals surface area contributed by atoms with Crippen molar-refractivity contribution >= 4 is 19.7 Å². The molecule has 0 saturated carbocycles. The highest BCUT2D eigenvalue weighted by molar-refractivity contribution is 7.92. The van der Waals surface area contributed by atoms with E-state index >= 15 is 0 Å². The number of hydrogen-bond acceptors (Lipinski definition) is 5. The molecule has 0 bridgehead atoms. The van der Waals surface area contributed by atoms with E-state index in [1.807, 2.05) is 0 Å². The zero-order valence-corrected chi connectivity index (χ0v) is 12.3.